The van der Waals surface area contributed by atoms with Gasteiger partial charge in [-0.1, -0.05) is 35.5 Å². The molecule has 0 amide bonds. The normalized spacial score (nSPS) is 13.9. The summed E-state index contributed by atoms with van der Waals surface area (Å²) in [4.78, 5) is 14.7. The number of rotatable bonds is 6. The number of carbonyl (C=O) groups is 1. The highest BCUT2D eigenvalue weighted by Gasteiger charge is 2.24. The molecule has 0 unspecified atom stereocenters. The van der Waals surface area contributed by atoms with Gasteiger partial charge in [-0.15, -0.1) is 10.2 Å². The van der Waals surface area contributed by atoms with Crippen LogP contribution in [0, 0.1) is 5.82 Å². The summed E-state index contributed by atoms with van der Waals surface area (Å²) in [5, 5.41) is 9.89. The lowest BCUT2D eigenvalue weighted by Crippen LogP contribution is -2.22. The van der Waals surface area contributed by atoms with Crippen molar-refractivity contribution in [1.82, 2.24) is 14.8 Å². The number of Topliss-reactive ketones (excluding diaryl/α,β-unsaturated/α-hetero) is 1. The van der Waals surface area contributed by atoms with Crippen LogP contribution in [-0.2, 0) is 0 Å². The van der Waals surface area contributed by atoms with E-state index in [0.717, 1.165) is 37.6 Å². The van der Waals surface area contributed by atoms with E-state index in [1.54, 1.807) is 0 Å². The minimum Gasteiger partial charge on any atom is -0.341 e. The van der Waals surface area contributed by atoms with Gasteiger partial charge in [-0.3, -0.25) is 9.36 Å². The fourth-order valence-electron chi connectivity index (χ4n) is 3.17. The molecule has 4 rings (SSSR count). The lowest BCUT2D eigenvalue weighted by Gasteiger charge is -2.19. The lowest BCUT2D eigenvalue weighted by molar-refractivity contribution is 0.102. The predicted octanol–water partition coefficient (Wildman–Crippen LogP) is 4.64. The predicted molar refractivity (Wildman–Crippen MR) is 109 cm³/mol. The number of carbonyl (C=O) groups excluding carboxylic acids is 1. The van der Waals surface area contributed by atoms with Gasteiger partial charge < -0.3 is 4.90 Å². The smallest absolute Gasteiger partial charge is 0.232 e. The molecule has 144 valence electrons. The number of anilines is 1. The van der Waals surface area contributed by atoms with Crippen molar-refractivity contribution in [2.45, 2.75) is 18.0 Å². The topological polar surface area (TPSA) is 51.0 Å². The number of hydrogen-bond donors (Lipinski definition) is 0. The van der Waals surface area contributed by atoms with Crippen molar-refractivity contribution in [3.63, 3.8) is 0 Å². The van der Waals surface area contributed by atoms with Crippen LogP contribution in [0.3, 0.4) is 0 Å². The molecule has 2 aromatic carbocycles. The van der Waals surface area contributed by atoms with E-state index in [0.29, 0.717) is 15.7 Å². The van der Waals surface area contributed by atoms with Gasteiger partial charge in [0.1, 0.15) is 5.82 Å². The molecule has 1 saturated heterocycles. The second-order valence-corrected chi connectivity index (χ2v) is 7.83. The Kier molecular flexibility index (Phi) is 5.64. The summed E-state index contributed by atoms with van der Waals surface area (Å²) in [7, 11) is 0. The molecule has 5 nitrogen and oxygen atoms in total. The van der Waals surface area contributed by atoms with Gasteiger partial charge in [0, 0.05) is 18.7 Å². The lowest BCUT2D eigenvalue weighted by atomic mass is 10.1. The number of nitrogens with zero attached hydrogens (tertiary/aromatic N) is 4. The van der Waals surface area contributed by atoms with Crippen molar-refractivity contribution in [1.29, 1.82) is 0 Å². The van der Waals surface area contributed by atoms with Gasteiger partial charge in [-0.2, -0.15) is 0 Å². The molecule has 0 spiro atoms. The van der Waals surface area contributed by atoms with Crippen LogP contribution < -0.4 is 4.90 Å². The molecule has 1 aliphatic heterocycles. The molecule has 0 N–H and O–H groups in total. The number of thioether (sulfide) groups is 1. The molecular weight excluding hydrogens is 399 g/mol. The van der Waals surface area contributed by atoms with Crippen molar-refractivity contribution in [3.8, 4) is 5.69 Å². The van der Waals surface area contributed by atoms with E-state index in [1.165, 1.54) is 36.0 Å². The first-order valence-corrected chi connectivity index (χ1v) is 10.4. The van der Waals surface area contributed by atoms with Gasteiger partial charge >= 0.3 is 0 Å². The highest BCUT2D eigenvalue weighted by molar-refractivity contribution is 7.99. The van der Waals surface area contributed by atoms with Gasteiger partial charge in [-0.25, -0.2) is 4.39 Å². The van der Waals surface area contributed by atoms with Crippen LogP contribution in [0.5, 0.6) is 0 Å². The van der Waals surface area contributed by atoms with Gasteiger partial charge in [-0.05, 0) is 49.2 Å². The van der Waals surface area contributed by atoms with Crippen molar-refractivity contribution < 1.29 is 9.18 Å². The standard InChI is InChI=1S/C20H18ClFN4OS/c21-16-5-1-2-6-17(16)26-19(25-11-3-4-12-25)23-24-20(26)28-13-18(27)14-7-9-15(22)10-8-14/h1-2,5-10H,3-4,11-13H2. The average Bonchev–Trinajstić information content (AvgIpc) is 3.37. The molecule has 2 heterocycles. The molecule has 0 saturated carbocycles. The molecule has 8 heteroatoms. The number of halogens is 2. The summed E-state index contributed by atoms with van der Waals surface area (Å²) < 4.78 is 15.0. The maximum absolute atomic E-state index is 13.1. The van der Waals surface area contributed by atoms with E-state index < -0.39 is 0 Å². The number of hydrogen-bond acceptors (Lipinski definition) is 5. The SMILES string of the molecule is O=C(CSc1nnc(N2CCCC2)n1-c1ccccc1Cl)c1ccc(F)cc1. The first kappa shape index (κ1) is 19.0. The molecule has 0 aliphatic carbocycles. The second kappa shape index (κ2) is 8.32. The Labute approximate surface area is 171 Å². The van der Waals surface area contributed by atoms with Crippen molar-refractivity contribution in [2.24, 2.45) is 0 Å². The highest BCUT2D eigenvalue weighted by Crippen LogP contribution is 2.32. The van der Waals surface area contributed by atoms with Crippen molar-refractivity contribution in [2.75, 3.05) is 23.7 Å². The van der Waals surface area contributed by atoms with Gasteiger partial charge in [0.05, 0.1) is 16.5 Å². The zero-order valence-electron chi connectivity index (χ0n) is 15.0. The van der Waals surface area contributed by atoms with Crippen molar-refractivity contribution in [3.05, 3.63) is 64.9 Å². The Balaban J connectivity index is 1.62. The minimum atomic E-state index is -0.363. The molecule has 1 aliphatic rings. The van der Waals surface area contributed by atoms with Crippen LogP contribution in [0.2, 0.25) is 5.02 Å². The Morgan fingerprint density at radius 2 is 1.79 bits per heavy atom. The Hall–Kier alpha value is -2.38. The van der Waals surface area contributed by atoms with E-state index in [1.807, 2.05) is 28.8 Å². The van der Waals surface area contributed by atoms with Crippen LogP contribution >= 0.6 is 23.4 Å². The van der Waals surface area contributed by atoms with Crippen LogP contribution in [0.25, 0.3) is 5.69 Å². The fourth-order valence-corrected chi connectivity index (χ4v) is 4.23. The quantitative estimate of drug-likeness (QED) is 0.433. The van der Waals surface area contributed by atoms with E-state index in [2.05, 4.69) is 15.1 Å². The summed E-state index contributed by atoms with van der Waals surface area (Å²) in [6, 6.07) is 13.1. The minimum absolute atomic E-state index is 0.0959. The first-order valence-electron chi connectivity index (χ1n) is 9.00. The molecule has 0 bridgehead atoms. The maximum atomic E-state index is 13.1. The zero-order chi connectivity index (χ0) is 19.5. The summed E-state index contributed by atoms with van der Waals surface area (Å²) in [6.45, 7) is 1.84. The summed E-state index contributed by atoms with van der Waals surface area (Å²) in [6.07, 6.45) is 2.22. The van der Waals surface area contributed by atoms with Gasteiger partial charge in [0.2, 0.25) is 5.95 Å². The number of benzene rings is 2. The number of para-hydroxylation sites is 1. The second-order valence-electron chi connectivity index (χ2n) is 6.48. The molecule has 1 aromatic heterocycles. The summed E-state index contributed by atoms with van der Waals surface area (Å²) in [5.41, 5.74) is 1.25. The van der Waals surface area contributed by atoms with Crippen LogP contribution in [0.1, 0.15) is 23.2 Å². The van der Waals surface area contributed by atoms with E-state index in [4.69, 9.17) is 11.6 Å². The zero-order valence-corrected chi connectivity index (χ0v) is 16.6. The summed E-state index contributed by atoms with van der Waals surface area (Å²) >= 11 is 7.73. The molecule has 0 radical (unpaired) electrons. The van der Waals surface area contributed by atoms with E-state index in [-0.39, 0.29) is 17.4 Å². The Morgan fingerprint density at radius 3 is 2.50 bits per heavy atom. The third-order valence-corrected chi connectivity index (χ3v) is 5.85. The highest BCUT2D eigenvalue weighted by atomic mass is 35.5. The average molecular weight is 417 g/mol. The van der Waals surface area contributed by atoms with Gasteiger partial charge in [0.25, 0.3) is 0 Å². The summed E-state index contributed by atoms with van der Waals surface area (Å²) in [5.74, 6) is 0.454. The molecule has 3 aromatic rings. The molecule has 0 atom stereocenters. The molecular formula is C20H18ClFN4OS. The van der Waals surface area contributed by atoms with Crippen molar-refractivity contribution >= 4 is 35.1 Å². The van der Waals surface area contributed by atoms with Gasteiger partial charge in [0.15, 0.2) is 10.9 Å². The maximum Gasteiger partial charge on any atom is 0.232 e. The fraction of sp³-hybridized carbons (Fsp3) is 0.250. The van der Waals surface area contributed by atoms with Crippen LogP contribution in [0.15, 0.2) is 53.7 Å². The monoisotopic (exact) mass is 416 g/mol. The molecule has 28 heavy (non-hydrogen) atoms. The Bertz CT molecular complexity index is 986. The van der Waals surface area contributed by atoms with Crippen LogP contribution in [-0.4, -0.2) is 39.4 Å². The van der Waals surface area contributed by atoms with Crippen LogP contribution in [0.4, 0.5) is 10.3 Å². The largest absolute Gasteiger partial charge is 0.341 e. The van der Waals surface area contributed by atoms with E-state index >= 15 is 0 Å². The first-order chi connectivity index (χ1) is 13.6. The Morgan fingerprint density at radius 1 is 1.07 bits per heavy atom. The molecule has 1 fully saturated rings. The third kappa shape index (κ3) is 3.91. The van der Waals surface area contributed by atoms with E-state index in [9.17, 15) is 9.18 Å². The number of ketones is 1. The third-order valence-electron chi connectivity index (χ3n) is 4.60. The number of aromatic nitrogens is 3.